The summed E-state index contributed by atoms with van der Waals surface area (Å²) in [6.45, 7) is 0. The van der Waals surface area contributed by atoms with Crippen molar-refractivity contribution in [3.63, 3.8) is 0 Å². The topological polar surface area (TPSA) is 29.1 Å². The molecular formula is C14H15NO. The molecule has 1 amide bonds. The van der Waals surface area contributed by atoms with Gasteiger partial charge in [0.1, 0.15) is 0 Å². The normalized spacial score (nSPS) is 15.7. The maximum atomic E-state index is 11.9. The van der Waals surface area contributed by atoms with Gasteiger partial charge in [0, 0.05) is 17.2 Å². The van der Waals surface area contributed by atoms with E-state index in [9.17, 15) is 4.79 Å². The van der Waals surface area contributed by atoms with Crippen LogP contribution < -0.4 is 5.32 Å². The Morgan fingerprint density at radius 2 is 2.12 bits per heavy atom. The lowest BCUT2D eigenvalue weighted by Gasteiger charge is -2.10. The van der Waals surface area contributed by atoms with Gasteiger partial charge in [0.25, 0.3) is 0 Å². The lowest BCUT2D eigenvalue weighted by atomic mass is 10.1. The molecule has 1 fully saturated rings. The smallest absolute Gasteiger partial charge is 0.227 e. The van der Waals surface area contributed by atoms with Crippen LogP contribution in [0.15, 0.2) is 24.3 Å². The van der Waals surface area contributed by atoms with Gasteiger partial charge in [0.15, 0.2) is 0 Å². The van der Waals surface area contributed by atoms with E-state index in [1.807, 2.05) is 24.3 Å². The molecule has 1 N–H and O–H groups in total. The van der Waals surface area contributed by atoms with Crippen LogP contribution in [0.25, 0.3) is 0 Å². The third-order valence-corrected chi connectivity index (χ3v) is 3.02. The van der Waals surface area contributed by atoms with Crippen molar-refractivity contribution in [2.24, 2.45) is 5.92 Å². The van der Waals surface area contributed by atoms with Gasteiger partial charge in [0.2, 0.25) is 5.91 Å². The Balaban J connectivity index is 2.03. The van der Waals surface area contributed by atoms with E-state index in [1.165, 1.54) is 12.8 Å². The predicted molar refractivity (Wildman–Crippen MR) is 65.0 cm³/mol. The zero-order valence-corrected chi connectivity index (χ0v) is 9.20. The molecule has 0 radical (unpaired) electrons. The molecule has 82 valence electrons. The Kier molecular flexibility index (Phi) is 3.26. The lowest BCUT2D eigenvalue weighted by Crippen LogP contribution is -2.20. The summed E-state index contributed by atoms with van der Waals surface area (Å²) >= 11 is 0. The largest absolute Gasteiger partial charge is 0.326 e. The van der Waals surface area contributed by atoms with Crippen LogP contribution in [0, 0.1) is 18.3 Å². The maximum Gasteiger partial charge on any atom is 0.227 e. The van der Waals surface area contributed by atoms with Gasteiger partial charge in [-0.25, -0.2) is 0 Å². The second kappa shape index (κ2) is 4.85. The van der Waals surface area contributed by atoms with Crippen LogP contribution in [0.3, 0.4) is 0 Å². The fraction of sp³-hybridized carbons (Fsp3) is 0.357. The molecule has 1 aromatic rings. The van der Waals surface area contributed by atoms with E-state index < -0.39 is 0 Å². The van der Waals surface area contributed by atoms with E-state index in [4.69, 9.17) is 6.42 Å². The molecule has 1 aliphatic rings. The monoisotopic (exact) mass is 213 g/mol. The number of anilines is 1. The number of terminal acetylenes is 1. The van der Waals surface area contributed by atoms with Crippen molar-refractivity contribution in [2.75, 3.05) is 5.32 Å². The summed E-state index contributed by atoms with van der Waals surface area (Å²) in [7, 11) is 0. The molecule has 0 aliphatic heterocycles. The summed E-state index contributed by atoms with van der Waals surface area (Å²) in [6.07, 6.45) is 9.68. The van der Waals surface area contributed by atoms with Gasteiger partial charge in [-0.2, -0.15) is 0 Å². The van der Waals surface area contributed by atoms with Crippen molar-refractivity contribution in [2.45, 2.75) is 25.7 Å². The van der Waals surface area contributed by atoms with Crippen LogP contribution in [0.5, 0.6) is 0 Å². The van der Waals surface area contributed by atoms with Gasteiger partial charge in [-0.05, 0) is 31.0 Å². The molecule has 0 heterocycles. The maximum absolute atomic E-state index is 11.9. The van der Waals surface area contributed by atoms with Gasteiger partial charge < -0.3 is 5.32 Å². The second-order valence-corrected chi connectivity index (χ2v) is 4.20. The number of hydrogen-bond acceptors (Lipinski definition) is 1. The molecule has 2 rings (SSSR count). The minimum Gasteiger partial charge on any atom is -0.326 e. The molecule has 0 atom stereocenters. The number of amides is 1. The molecule has 0 bridgehead atoms. The summed E-state index contributed by atoms with van der Waals surface area (Å²) in [5.41, 5.74) is 1.59. The summed E-state index contributed by atoms with van der Waals surface area (Å²) in [5.74, 6) is 2.88. The third-order valence-electron chi connectivity index (χ3n) is 3.02. The highest BCUT2D eigenvalue weighted by molar-refractivity contribution is 5.92. The van der Waals surface area contributed by atoms with Crippen molar-refractivity contribution in [1.82, 2.24) is 0 Å². The quantitative estimate of drug-likeness (QED) is 0.752. The van der Waals surface area contributed by atoms with E-state index in [2.05, 4.69) is 11.2 Å². The van der Waals surface area contributed by atoms with Crippen LogP contribution in [-0.4, -0.2) is 5.91 Å². The average molecular weight is 213 g/mol. The fourth-order valence-corrected chi connectivity index (χ4v) is 2.12. The van der Waals surface area contributed by atoms with E-state index in [0.717, 1.165) is 24.1 Å². The molecule has 1 saturated carbocycles. The summed E-state index contributed by atoms with van der Waals surface area (Å²) in [4.78, 5) is 11.9. The van der Waals surface area contributed by atoms with Gasteiger partial charge in [0.05, 0.1) is 0 Å². The Bertz CT molecular complexity index is 425. The molecule has 0 unspecified atom stereocenters. The van der Waals surface area contributed by atoms with E-state index in [1.54, 1.807) is 0 Å². The molecule has 2 nitrogen and oxygen atoms in total. The Morgan fingerprint density at radius 3 is 2.81 bits per heavy atom. The zero-order chi connectivity index (χ0) is 11.4. The molecular weight excluding hydrogens is 198 g/mol. The molecule has 0 saturated heterocycles. The van der Waals surface area contributed by atoms with Crippen LogP contribution in [0.1, 0.15) is 31.2 Å². The van der Waals surface area contributed by atoms with Crippen molar-refractivity contribution >= 4 is 11.6 Å². The first kappa shape index (κ1) is 10.8. The van der Waals surface area contributed by atoms with Gasteiger partial charge >= 0.3 is 0 Å². The van der Waals surface area contributed by atoms with Crippen LogP contribution in [0.4, 0.5) is 5.69 Å². The van der Waals surface area contributed by atoms with Gasteiger partial charge in [-0.1, -0.05) is 24.8 Å². The molecule has 1 aliphatic carbocycles. The first-order valence-corrected chi connectivity index (χ1v) is 5.67. The van der Waals surface area contributed by atoms with Crippen LogP contribution in [-0.2, 0) is 4.79 Å². The molecule has 1 aromatic carbocycles. The standard InChI is InChI=1S/C14H15NO/c1-2-11-6-5-9-13(10-11)15-14(16)12-7-3-4-8-12/h1,5-6,9-10,12H,3-4,7-8H2,(H,15,16). The summed E-state index contributed by atoms with van der Waals surface area (Å²) < 4.78 is 0. The minimum atomic E-state index is 0.131. The number of hydrogen-bond donors (Lipinski definition) is 1. The number of rotatable bonds is 2. The Hall–Kier alpha value is -1.75. The SMILES string of the molecule is C#Cc1cccc(NC(=O)C2CCCC2)c1. The van der Waals surface area contributed by atoms with Crippen molar-refractivity contribution in [3.8, 4) is 12.3 Å². The van der Waals surface area contributed by atoms with Crippen molar-refractivity contribution < 1.29 is 4.79 Å². The number of carbonyl (C=O) groups is 1. The molecule has 0 aromatic heterocycles. The molecule has 16 heavy (non-hydrogen) atoms. The second-order valence-electron chi connectivity index (χ2n) is 4.20. The Labute approximate surface area is 96.1 Å². The number of benzene rings is 1. The number of carbonyl (C=O) groups excluding carboxylic acids is 1. The van der Waals surface area contributed by atoms with Crippen LogP contribution in [0.2, 0.25) is 0 Å². The first-order chi connectivity index (χ1) is 7.79. The third kappa shape index (κ3) is 2.43. The fourth-order valence-electron chi connectivity index (χ4n) is 2.12. The summed E-state index contributed by atoms with van der Waals surface area (Å²) in [5, 5.41) is 2.92. The van der Waals surface area contributed by atoms with Crippen molar-refractivity contribution in [1.29, 1.82) is 0 Å². The highest BCUT2D eigenvalue weighted by Crippen LogP contribution is 2.26. The van der Waals surface area contributed by atoms with E-state index in [-0.39, 0.29) is 11.8 Å². The van der Waals surface area contributed by atoms with Crippen molar-refractivity contribution in [3.05, 3.63) is 29.8 Å². The average Bonchev–Trinajstić information content (AvgIpc) is 2.83. The summed E-state index contributed by atoms with van der Waals surface area (Å²) in [6, 6.07) is 7.41. The van der Waals surface area contributed by atoms with E-state index >= 15 is 0 Å². The van der Waals surface area contributed by atoms with Gasteiger partial charge in [-0.3, -0.25) is 4.79 Å². The van der Waals surface area contributed by atoms with Crippen LogP contribution >= 0.6 is 0 Å². The molecule has 0 spiro atoms. The highest BCUT2D eigenvalue weighted by Gasteiger charge is 2.22. The van der Waals surface area contributed by atoms with Gasteiger partial charge in [-0.15, -0.1) is 6.42 Å². The van der Waals surface area contributed by atoms with E-state index in [0.29, 0.717) is 0 Å². The molecule has 2 heteroatoms. The Morgan fingerprint density at radius 1 is 1.38 bits per heavy atom. The highest BCUT2D eigenvalue weighted by atomic mass is 16.1. The number of nitrogens with one attached hydrogen (secondary N) is 1. The lowest BCUT2D eigenvalue weighted by molar-refractivity contribution is -0.119. The first-order valence-electron chi connectivity index (χ1n) is 5.67. The minimum absolute atomic E-state index is 0.131. The predicted octanol–water partition coefficient (Wildman–Crippen LogP) is 2.80. The zero-order valence-electron chi connectivity index (χ0n) is 9.20.